The second-order valence-electron chi connectivity index (χ2n) is 5.71. The molecule has 0 aliphatic heterocycles. The molecule has 0 saturated heterocycles. The van der Waals surface area contributed by atoms with Crippen molar-refractivity contribution < 1.29 is 9.13 Å². The molecular formula is C19H19FN4OS. The first-order chi connectivity index (χ1) is 12.6. The molecular weight excluding hydrogens is 351 g/mol. The molecule has 5 nitrogen and oxygen atoms in total. The van der Waals surface area contributed by atoms with Crippen LogP contribution in [0.1, 0.15) is 11.1 Å². The summed E-state index contributed by atoms with van der Waals surface area (Å²) in [5.74, 6) is 0.567. The van der Waals surface area contributed by atoms with Crippen molar-refractivity contribution in [3.8, 4) is 5.75 Å². The van der Waals surface area contributed by atoms with Gasteiger partial charge in [0.2, 0.25) is 0 Å². The number of ether oxygens (including phenoxy) is 1. The van der Waals surface area contributed by atoms with Crippen LogP contribution in [0.3, 0.4) is 0 Å². The average molecular weight is 370 g/mol. The first kappa shape index (κ1) is 17.9. The summed E-state index contributed by atoms with van der Waals surface area (Å²) in [4.78, 5) is 0. The number of anilines is 1. The highest BCUT2D eigenvalue weighted by Gasteiger charge is 2.03. The summed E-state index contributed by atoms with van der Waals surface area (Å²) in [6.07, 6.45) is 3.59. The Labute approximate surface area is 156 Å². The number of aromatic nitrogens is 2. The molecule has 0 unspecified atom stereocenters. The topological polar surface area (TPSA) is 51.1 Å². The fourth-order valence-electron chi connectivity index (χ4n) is 2.43. The third-order valence-corrected chi connectivity index (χ3v) is 3.98. The normalized spacial score (nSPS) is 10.4. The number of benzene rings is 2. The number of hydrogen-bond acceptors (Lipinski definition) is 3. The Balaban J connectivity index is 1.52. The van der Waals surface area contributed by atoms with Crippen molar-refractivity contribution in [2.45, 2.75) is 13.1 Å². The van der Waals surface area contributed by atoms with Crippen molar-refractivity contribution >= 4 is 23.0 Å². The predicted molar refractivity (Wildman–Crippen MR) is 104 cm³/mol. The smallest absolute Gasteiger partial charge is 0.171 e. The quantitative estimate of drug-likeness (QED) is 0.650. The van der Waals surface area contributed by atoms with Crippen molar-refractivity contribution in [3.05, 3.63) is 77.9 Å². The molecule has 0 radical (unpaired) electrons. The lowest BCUT2D eigenvalue weighted by atomic mass is 10.2. The highest BCUT2D eigenvalue weighted by molar-refractivity contribution is 7.80. The number of hydrogen-bond donors (Lipinski definition) is 2. The number of rotatable bonds is 6. The van der Waals surface area contributed by atoms with Crippen molar-refractivity contribution in [3.63, 3.8) is 0 Å². The lowest BCUT2D eigenvalue weighted by molar-refractivity contribution is 0.414. The lowest BCUT2D eigenvalue weighted by Crippen LogP contribution is -2.27. The highest BCUT2D eigenvalue weighted by atomic mass is 32.1. The first-order valence-electron chi connectivity index (χ1n) is 8.07. The largest absolute Gasteiger partial charge is 0.497 e. The standard InChI is InChI=1S/C19H19FN4OS/c1-25-18-4-2-3-15(9-18)12-24-13-17(11-22-24)23-19(26)21-10-14-5-7-16(20)8-6-14/h2-9,11,13H,10,12H2,1H3,(H2,21,23,26). The van der Waals surface area contributed by atoms with Crippen LogP contribution in [-0.2, 0) is 13.1 Å². The van der Waals surface area contributed by atoms with Gasteiger partial charge in [-0.2, -0.15) is 5.10 Å². The summed E-state index contributed by atoms with van der Waals surface area (Å²) < 4.78 is 20.0. The zero-order chi connectivity index (χ0) is 18.4. The van der Waals surface area contributed by atoms with Crippen molar-refractivity contribution in [1.29, 1.82) is 0 Å². The van der Waals surface area contributed by atoms with Crippen LogP contribution in [0.25, 0.3) is 0 Å². The molecule has 3 aromatic rings. The number of methoxy groups -OCH3 is 1. The molecule has 1 aromatic heterocycles. The molecule has 7 heteroatoms. The Morgan fingerprint density at radius 3 is 2.77 bits per heavy atom. The molecule has 2 aromatic carbocycles. The molecule has 26 heavy (non-hydrogen) atoms. The Morgan fingerprint density at radius 2 is 2.00 bits per heavy atom. The van der Waals surface area contributed by atoms with E-state index >= 15 is 0 Å². The summed E-state index contributed by atoms with van der Waals surface area (Å²) in [5.41, 5.74) is 2.84. The molecule has 0 spiro atoms. The van der Waals surface area contributed by atoms with Gasteiger partial charge in [0.05, 0.1) is 25.5 Å². The van der Waals surface area contributed by atoms with E-state index in [1.54, 1.807) is 25.4 Å². The van der Waals surface area contributed by atoms with E-state index in [2.05, 4.69) is 15.7 Å². The summed E-state index contributed by atoms with van der Waals surface area (Å²) in [6.45, 7) is 1.15. The van der Waals surface area contributed by atoms with Gasteiger partial charge in [0, 0.05) is 12.7 Å². The molecule has 0 atom stereocenters. The monoisotopic (exact) mass is 370 g/mol. The Hall–Kier alpha value is -2.93. The first-order valence-corrected chi connectivity index (χ1v) is 8.48. The van der Waals surface area contributed by atoms with E-state index in [1.807, 2.05) is 35.1 Å². The van der Waals surface area contributed by atoms with E-state index in [1.165, 1.54) is 12.1 Å². The van der Waals surface area contributed by atoms with E-state index in [9.17, 15) is 4.39 Å². The zero-order valence-electron chi connectivity index (χ0n) is 14.3. The molecule has 0 fully saturated rings. The van der Waals surface area contributed by atoms with E-state index < -0.39 is 0 Å². The minimum absolute atomic E-state index is 0.252. The Morgan fingerprint density at radius 1 is 1.19 bits per heavy atom. The van der Waals surface area contributed by atoms with Gasteiger partial charge in [-0.05, 0) is 47.6 Å². The van der Waals surface area contributed by atoms with Gasteiger partial charge in [0.15, 0.2) is 5.11 Å². The van der Waals surface area contributed by atoms with Crippen LogP contribution in [-0.4, -0.2) is 22.0 Å². The van der Waals surface area contributed by atoms with Crippen LogP contribution in [0.4, 0.5) is 10.1 Å². The highest BCUT2D eigenvalue weighted by Crippen LogP contribution is 2.14. The maximum absolute atomic E-state index is 12.9. The van der Waals surface area contributed by atoms with Gasteiger partial charge in [0.1, 0.15) is 11.6 Å². The molecule has 134 valence electrons. The van der Waals surface area contributed by atoms with Crippen LogP contribution in [0.5, 0.6) is 5.75 Å². The van der Waals surface area contributed by atoms with Crippen LogP contribution in [0, 0.1) is 5.82 Å². The van der Waals surface area contributed by atoms with E-state index in [0.717, 1.165) is 22.6 Å². The van der Waals surface area contributed by atoms with Crippen LogP contribution in [0.2, 0.25) is 0 Å². The second-order valence-corrected chi connectivity index (χ2v) is 6.12. The fraction of sp³-hybridized carbons (Fsp3) is 0.158. The van der Waals surface area contributed by atoms with Crippen LogP contribution < -0.4 is 15.4 Å². The van der Waals surface area contributed by atoms with E-state index in [4.69, 9.17) is 17.0 Å². The predicted octanol–water partition coefficient (Wildman–Crippen LogP) is 3.57. The summed E-state index contributed by atoms with van der Waals surface area (Å²) in [7, 11) is 1.65. The Bertz CT molecular complexity index is 879. The van der Waals surface area contributed by atoms with Gasteiger partial charge < -0.3 is 15.4 Å². The maximum Gasteiger partial charge on any atom is 0.171 e. The third kappa shape index (κ3) is 5.03. The minimum Gasteiger partial charge on any atom is -0.497 e. The van der Waals surface area contributed by atoms with Gasteiger partial charge in [-0.25, -0.2) is 4.39 Å². The Kier molecular flexibility index (Phi) is 5.80. The molecule has 0 saturated carbocycles. The number of nitrogens with one attached hydrogen (secondary N) is 2. The van der Waals surface area contributed by atoms with Gasteiger partial charge in [-0.3, -0.25) is 4.68 Å². The molecule has 0 amide bonds. The maximum atomic E-state index is 12.9. The molecule has 0 aliphatic carbocycles. The molecule has 0 bridgehead atoms. The number of halogens is 1. The molecule has 2 N–H and O–H groups in total. The van der Waals surface area contributed by atoms with Crippen LogP contribution >= 0.6 is 12.2 Å². The lowest BCUT2D eigenvalue weighted by Gasteiger charge is -2.09. The summed E-state index contributed by atoms with van der Waals surface area (Å²) in [6, 6.07) is 14.1. The zero-order valence-corrected chi connectivity index (χ0v) is 15.1. The third-order valence-electron chi connectivity index (χ3n) is 3.74. The SMILES string of the molecule is COc1cccc(Cn2cc(NC(=S)NCc3ccc(F)cc3)cn2)c1. The van der Waals surface area contributed by atoms with Gasteiger partial charge in [-0.15, -0.1) is 0 Å². The van der Waals surface area contributed by atoms with Gasteiger partial charge in [-0.1, -0.05) is 24.3 Å². The molecule has 1 heterocycles. The molecule has 0 aliphatic rings. The minimum atomic E-state index is -0.252. The van der Waals surface area contributed by atoms with Crippen LogP contribution in [0.15, 0.2) is 60.9 Å². The summed E-state index contributed by atoms with van der Waals surface area (Å²) in [5, 5.41) is 11.0. The van der Waals surface area contributed by atoms with Crippen molar-refractivity contribution in [2.75, 3.05) is 12.4 Å². The number of thiocarbonyl (C=S) groups is 1. The second kappa shape index (κ2) is 8.44. The van der Waals surface area contributed by atoms with Crippen molar-refractivity contribution in [1.82, 2.24) is 15.1 Å². The van der Waals surface area contributed by atoms with Gasteiger partial charge in [0.25, 0.3) is 0 Å². The van der Waals surface area contributed by atoms with E-state index in [0.29, 0.717) is 18.2 Å². The number of nitrogens with zero attached hydrogens (tertiary/aromatic N) is 2. The van der Waals surface area contributed by atoms with Gasteiger partial charge >= 0.3 is 0 Å². The van der Waals surface area contributed by atoms with E-state index in [-0.39, 0.29) is 5.82 Å². The summed E-state index contributed by atoms with van der Waals surface area (Å²) >= 11 is 5.28. The molecule has 3 rings (SSSR count). The average Bonchev–Trinajstić information content (AvgIpc) is 3.08. The fourth-order valence-corrected chi connectivity index (χ4v) is 2.62. The van der Waals surface area contributed by atoms with Crippen molar-refractivity contribution in [2.24, 2.45) is 0 Å².